The van der Waals surface area contributed by atoms with Crippen molar-refractivity contribution in [1.82, 2.24) is 5.32 Å². The number of nitrogens with one attached hydrogen (secondary N) is 2. The average molecular weight is 242 g/mol. The highest BCUT2D eigenvalue weighted by Crippen LogP contribution is 2.11. The average Bonchev–Trinajstić information content (AvgIpc) is 2.29. The molecule has 0 aliphatic heterocycles. The molecule has 1 atom stereocenters. The second kappa shape index (κ2) is 6.40. The van der Waals surface area contributed by atoms with Crippen LogP contribution >= 0.6 is 12.2 Å². The maximum absolute atomic E-state index is 13.2. The highest BCUT2D eigenvalue weighted by Gasteiger charge is 2.04. The first kappa shape index (κ1) is 12.9. The summed E-state index contributed by atoms with van der Waals surface area (Å²) in [4.78, 5) is 0. The van der Waals surface area contributed by atoms with Crippen molar-refractivity contribution in [3.8, 4) is 0 Å². The second-order valence-electron chi connectivity index (χ2n) is 3.36. The number of methoxy groups -OCH3 is 1. The Morgan fingerprint density at radius 3 is 2.81 bits per heavy atom. The van der Waals surface area contributed by atoms with E-state index in [1.165, 1.54) is 6.07 Å². The van der Waals surface area contributed by atoms with Gasteiger partial charge >= 0.3 is 0 Å². The van der Waals surface area contributed by atoms with E-state index in [4.69, 9.17) is 17.0 Å². The van der Waals surface area contributed by atoms with Crippen molar-refractivity contribution in [2.45, 2.75) is 13.0 Å². The highest BCUT2D eigenvalue weighted by molar-refractivity contribution is 7.80. The Balaban J connectivity index is 2.43. The van der Waals surface area contributed by atoms with Gasteiger partial charge in [0.1, 0.15) is 5.82 Å². The van der Waals surface area contributed by atoms with Gasteiger partial charge in [0, 0.05) is 13.7 Å². The third-order valence-electron chi connectivity index (χ3n) is 2.07. The molecule has 0 heterocycles. The van der Waals surface area contributed by atoms with Gasteiger partial charge in [0.25, 0.3) is 0 Å². The van der Waals surface area contributed by atoms with Crippen molar-refractivity contribution >= 4 is 23.0 Å². The summed E-state index contributed by atoms with van der Waals surface area (Å²) in [7, 11) is 1.62. The summed E-state index contributed by atoms with van der Waals surface area (Å²) in [6, 6.07) is 6.38. The molecule has 0 aliphatic carbocycles. The van der Waals surface area contributed by atoms with Crippen molar-refractivity contribution in [1.29, 1.82) is 0 Å². The molecule has 88 valence electrons. The van der Waals surface area contributed by atoms with Crippen molar-refractivity contribution in [2.24, 2.45) is 0 Å². The van der Waals surface area contributed by atoms with Crippen LogP contribution in [0.5, 0.6) is 0 Å². The minimum Gasteiger partial charge on any atom is -0.380 e. The zero-order chi connectivity index (χ0) is 12.0. The summed E-state index contributed by atoms with van der Waals surface area (Å²) in [6.45, 7) is 2.50. The molecule has 16 heavy (non-hydrogen) atoms. The number of para-hydroxylation sites is 1. The molecule has 2 N–H and O–H groups in total. The van der Waals surface area contributed by atoms with E-state index in [-0.39, 0.29) is 11.9 Å². The predicted octanol–water partition coefficient (Wildman–Crippen LogP) is 2.15. The molecule has 1 aromatic carbocycles. The van der Waals surface area contributed by atoms with E-state index in [0.29, 0.717) is 17.3 Å². The van der Waals surface area contributed by atoms with Crippen molar-refractivity contribution in [3.63, 3.8) is 0 Å². The maximum atomic E-state index is 13.2. The van der Waals surface area contributed by atoms with Crippen LogP contribution in [-0.4, -0.2) is 24.9 Å². The molecule has 1 aromatic rings. The first-order valence-corrected chi connectivity index (χ1v) is 5.36. The second-order valence-corrected chi connectivity index (χ2v) is 3.77. The van der Waals surface area contributed by atoms with Crippen LogP contribution in [0.4, 0.5) is 10.1 Å². The first-order chi connectivity index (χ1) is 7.63. The molecule has 0 bridgehead atoms. The zero-order valence-electron chi connectivity index (χ0n) is 9.29. The van der Waals surface area contributed by atoms with Gasteiger partial charge in [-0.1, -0.05) is 12.1 Å². The van der Waals surface area contributed by atoms with Gasteiger partial charge < -0.3 is 15.4 Å². The van der Waals surface area contributed by atoms with Crippen LogP contribution < -0.4 is 10.6 Å². The zero-order valence-corrected chi connectivity index (χ0v) is 10.1. The summed E-state index contributed by atoms with van der Waals surface area (Å²) in [5.41, 5.74) is 0.366. The molecule has 0 saturated carbocycles. The van der Waals surface area contributed by atoms with Gasteiger partial charge in [0.15, 0.2) is 5.11 Å². The monoisotopic (exact) mass is 242 g/mol. The molecular formula is C11H15FN2OS. The van der Waals surface area contributed by atoms with E-state index in [2.05, 4.69) is 10.6 Å². The Morgan fingerprint density at radius 2 is 2.19 bits per heavy atom. The van der Waals surface area contributed by atoms with Crippen LogP contribution in [0.25, 0.3) is 0 Å². The molecule has 0 spiro atoms. The summed E-state index contributed by atoms with van der Waals surface area (Å²) < 4.78 is 18.3. The summed E-state index contributed by atoms with van der Waals surface area (Å²) in [6.07, 6.45) is 0.0559. The number of thiocarbonyl (C=S) groups is 1. The molecule has 5 heteroatoms. The van der Waals surface area contributed by atoms with Gasteiger partial charge in [0.05, 0.1) is 11.8 Å². The summed E-state index contributed by atoms with van der Waals surface area (Å²) in [5, 5.41) is 6.10. The van der Waals surface area contributed by atoms with Crippen molar-refractivity contribution in [2.75, 3.05) is 19.0 Å². The van der Waals surface area contributed by atoms with Gasteiger partial charge in [-0.05, 0) is 31.3 Å². The smallest absolute Gasteiger partial charge is 0.170 e. The molecule has 0 radical (unpaired) electrons. The summed E-state index contributed by atoms with van der Waals surface area (Å²) in [5.74, 6) is -0.327. The third kappa shape index (κ3) is 4.12. The third-order valence-corrected chi connectivity index (χ3v) is 2.32. The van der Waals surface area contributed by atoms with Gasteiger partial charge in [-0.25, -0.2) is 4.39 Å². The Kier molecular flexibility index (Phi) is 5.14. The molecule has 0 aromatic heterocycles. The number of benzene rings is 1. The van der Waals surface area contributed by atoms with Crippen LogP contribution in [0.2, 0.25) is 0 Å². The van der Waals surface area contributed by atoms with Crippen molar-refractivity contribution in [3.05, 3.63) is 30.1 Å². The number of anilines is 1. The molecular weight excluding hydrogens is 227 g/mol. The number of hydrogen-bond acceptors (Lipinski definition) is 2. The van der Waals surface area contributed by atoms with Gasteiger partial charge in [-0.2, -0.15) is 0 Å². The van der Waals surface area contributed by atoms with Crippen LogP contribution in [0.3, 0.4) is 0 Å². The van der Waals surface area contributed by atoms with Crippen molar-refractivity contribution < 1.29 is 9.13 Å². The molecule has 1 rings (SSSR count). The predicted molar refractivity (Wildman–Crippen MR) is 67.1 cm³/mol. The molecule has 0 saturated heterocycles. The van der Waals surface area contributed by atoms with E-state index in [0.717, 1.165) is 0 Å². The maximum Gasteiger partial charge on any atom is 0.170 e. The Morgan fingerprint density at radius 1 is 1.50 bits per heavy atom. The van der Waals surface area contributed by atoms with E-state index < -0.39 is 0 Å². The Labute approximate surface area is 100.0 Å². The molecule has 0 aliphatic rings. The minimum absolute atomic E-state index is 0.0559. The lowest BCUT2D eigenvalue weighted by atomic mass is 10.3. The lowest BCUT2D eigenvalue weighted by Gasteiger charge is -2.14. The number of rotatable bonds is 4. The van der Waals surface area contributed by atoms with Crippen LogP contribution in [0.1, 0.15) is 6.92 Å². The standard InChI is InChI=1S/C11H15FN2OS/c1-8(15-2)7-13-11(16)14-10-6-4-3-5-9(10)12/h3-6,8H,7H2,1-2H3,(H2,13,14,16). The molecule has 1 unspecified atom stereocenters. The topological polar surface area (TPSA) is 33.3 Å². The molecule has 0 fully saturated rings. The first-order valence-electron chi connectivity index (χ1n) is 4.95. The Bertz CT molecular complexity index is 360. The quantitative estimate of drug-likeness (QED) is 0.793. The number of hydrogen-bond donors (Lipinski definition) is 2. The normalized spacial score (nSPS) is 11.9. The fourth-order valence-electron chi connectivity index (χ4n) is 1.05. The SMILES string of the molecule is COC(C)CNC(=S)Nc1ccccc1F. The number of halogens is 1. The van der Waals surface area contributed by atoms with Crippen LogP contribution in [0, 0.1) is 5.82 Å². The highest BCUT2D eigenvalue weighted by atomic mass is 32.1. The van der Waals surface area contributed by atoms with Gasteiger partial charge in [0.2, 0.25) is 0 Å². The van der Waals surface area contributed by atoms with E-state index in [9.17, 15) is 4.39 Å². The minimum atomic E-state index is -0.327. The lowest BCUT2D eigenvalue weighted by Crippen LogP contribution is -2.34. The van der Waals surface area contributed by atoms with Gasteiger partial charge in [-0.3, -0.25) is 0 Å². The lowest BCUT2D eigenvalue weighted by molar-refractivity contribution is 0.121. The van der Waals surface area contributed by atoms with Gasteiger partial charge in [-0.15, -0.1) is 0 Å². The van der Waals surface area contributed by atoms with E-state index in [1.807, 2.05) is 6.92 Å². The fourth-order valence-corrected chi connectivity index (χ4v) is 1.24. The number of ether oxygens (including phenoxy) is 1. The largest absolute Gasteiger partial charge is 0.380 e. The van der Waals surface area contributed by atoms with Crippen LogP contribution in [-0.2, 0) is 4.74 Å². The Hall–Kier alpha value is -1.20. The summed E-state index contributed by atoms with van der Waals surface area (Å²) >= 11 is 5.02. The van der Waals surface area contributed by atoms with Crippen LogP contribution in [0.15, 0.2) is 24.3 Å². The fraction of sp³-hybridized carbons (Fsp3) is 0.364. The molecule has 3 nitrogen and oxygen atoms in total. The van der Waals surface area contributed by atoms with E-state index >= 15 is 0 Å². The van der Waals surface area contributed by atoms with E-state index in [1.54, 1.807) is 25.3 Å². The molecule has 0 amide bonds.